The van der Waals surface area contributed by atoms with Gasteiger partial charge in [0.15, 0.2) is 0 Å². The van der Waals surface area contributed by atoms with E-state index in [4.69, 9.17) is 9.84 Å². The summed E-state index contributed by atoms with van der Waals surface area (Å²) in [6.07, 6.45) is 6.43. The summed E-state index contributed by atoms with van der Waals surface area (Å²) in [6.45, 7) is 7.63. The third-order valence-electron chi connectivity index (χ3n) is 5.96. The van der Waals surface area contributed by atoms with Crippen LogP contribution in [0.1, 0.15) is 52.0 Å². The van der Waals surface area contributed by atoms with E-state index in [0.29, 0.717) is 5.75 Å². The highest BCUT2D eigenvalue weighted by atomic mass is 16.5. The molecule has 31 heavy (non-hydrogen) atoms. The lowest BCUT2D eigenvalue weighted by atomic mass is 9.74. The van der Waals surface area contributed by atoms with Crippen molar-refractivity contribution in [1.29, 1.82) is 0 Å². The van der Waals surface area contributed by atoms with Crippen molar-refractivity contribution < 1.29 is 24.2 Å². The van der Waals surface area contributed by atoms with Crippen molar-refractivity contribution in [2.24, 2.45) is 5.92 Å². The summed E-state index contributed by atoms with van der Waals surface area (Å²) in [5.74, 6) is -2.31. The van der Waals surface area contributed by atoms with Crippen molar-refractivity contribution in [1.82, 2.24) is 10.2 Å². The molecule has 1 saturated heterocycles. The zero-order valence-electron chi connectivity index (χ0n) is 18.9. The molecule has 0 bridgehead atoms. The van der Waals surface area contributed by atoms with E-state index in [1.165, 1.54) is 6.42 Å². The van der Waals surface area contributed by atoms with Gasteiger partial charge < -0.3 is 20.1 Å². The van der Waals surface area contributed by atoms with Crippen LogP contribution >= 0.6 is 0 Å². The lowest BCUT2D eigenvalue weighted by molar-refractivity contribution is -0.142. The second-order valence-electron chi connectivity index (χ2n) is 8.68. The van der Waals surface area contributed by atoms with Crippen LogP contribution in [0.3, 0.4) is 0 Å². The van der Waals surface area contributed by atoms with Gasteiger partial charge in [0.25, 0.3) is 0 Å². The van der Waals surface area contributed by atoms with E-state index >= 15 is 0 Å². The molecule has 7 heteroatoms. The van der Waals surface area contributed by atoms with Gasteiger partial charge in [0.1, 0.15) is 11.8 Å². The highest BCUT2D eigenvalue weighted by Gasteiger charge is 2.33. The van der Waals surface area contributed by atoms with Crippen molar-refractivity contribution in [2.45, 2.75) is 57.9 Å². The average Bonchev–Trinajstić information content (AvgIpc) is 2.92. The minimum absolute atomic E-state index is 0.0199. The molecule has 1 aliphatic rings. The Kier molecular flexibility index (Phi) is 8.80. The fourth-order valence-electron chi connectivity index (χ4n) is 4.15. The minimum atomic E-state index is -1.12. The van der Waals surface area contributed by atoms with Gasteiger partial charge in [-0.15, -0.1) is 0 Å². The van der Waals surface area contributed by atoms with Gasteiger partial charge in [-0.3, -0.25) is 4.79 Å². The Hall–Kier alpha value is -2.67. The molecular formula is C24H34N2O5. The molecule has 1 aromatic rings. The standard InChI is InChI=1S/C24H34N2O5/c1-5-24(13-6-7-14-26(4)16-24)18-9-8-10-19(15-18)31-21(28)12-11-20(27)25-22(17(2)3)23(29)30/h8-12,15,17,22H,5-7,13-14,16H2,1-4H3,(H,25,27)(H,29,30)/b12-11+. The number of aliphatic carboxylic acids is 1. The second-order valence-corrected chi connectivity index (χ2v) is 8.68. The van der Waals surface area contributed by atoms with Crippen LogP contribution in [-0.2, 0) is 19.8 Å². The van der Waals surface area contributed by atoms with Crippen molar-refractivity contribution in [3.8, 4) is 5.75 Å². The van der Waals surface area contributed by atoms with Crippen molar-refractivity contribution in [2.75, 3.05) is 20.1 Å². The number of benzene rings is 1. The molecule has 170 valence electrons. The monoisotopic (exact) mass is 430 g/mol. The topological polar surface area (TPSA) is 95.9 Å². The fraction of sp³-hybridized carbons (Fsp3) is 0.542. The molecule has 1 amide bonds. The molecule has 1 aromatic carbocycles. The third-order valence-corrected chi connectivity index (χ3v) is 5.96. The van der Waals surface area contributed by atoms with E-state index in [0.717, 1.165) is 50.1 Å². The summed E-state index contributed by atoms with van der Waals surface area (Å²) < 4.78 is 5.41. The number of amides is 1. The molecule has 1 heterocycles. The molecule has 2 unspecified atom stereocenters. The Balaban J connectivity index is 2.06. The van der Waals surface area contributed by atoms with E-state index in [9.17, 15) is 14.4 Å². The third kappa shape index (κ3) is 6.92. The molecule has 0 radical (unpaired) electrons. The molecular weight excluding hydrogens is 396 g/mol. The highest BCUT2D eigenvalue weighted by Crippen LogP contribution is 2.37. The zero-order chi connectivity index (χ0) is 23.0. The minimum Gasteiger partial charge on any atom is -0.480 e. The summed E-state index contributed by atoms with van der Waals surface area (Å²) in [6, 6.07) is 6.58. The number of likely N-dealkylation sites (tertiary alicyclic amines) is 1. The molecule has 0 aromatic heterocycles. The van der Waals surface area contributed by atoms with Crippen molar-refractivity contribution >= 4 is 17.8 Å². The SMILES string of the molecule is CCC1(c2cccc(OC(=O)/C=C/C(=O)NC(C(=O)O)C(C)C)c2)CCCCN(C)C1. The van der Waals surface area contributed by atoms with Gasteiger partial charge in [0.2, 0.25) is 5.91 Å². The van der Waals surface area contributed by atoms with Crippen LogP contribution in [0.4, 0.5) is 0 Å². The average molecular weight is 431 g/mol. The van der Waals surface area contributed by atoms with Crippen LogP contribution in [0.2, 0.25) is 0 Å². The molecule has 1 aliphatic heterocycles. The van der Waals surface area contributed by atoms with Gasteiger partial charge >= 0.3 is 11.9 Å². The number of hydrogen-bond donors (Lipinski definition) is 2. The summed E-state index contributed by atoms with van der Waals surface area (Å²) in [5.41, 5.74) is 1.17. The number of nitrogens with zero attached hydrogens (tertiary/aromatic N) is 1. The van der Waals surface area contributed by atoms with Gasteiger partial charge in [-0.2, -0.15) is 0 Å². The Morgan fingerprint density at radius 2 is 2.00 bits per heavy atom. The number of likely N-dealkylation sites (N-methyl/N-ethyl adjacent to an activating group) is 1. The van der Waals surface area contributed by atoms with E-state index in [1.807, 2.05) is 12.1 Å². The van der Waals surface area contributed by atoms with E-state index < -0.39 is 23.9 Å². The number of carboxylic acid groups (broad SMARTS) is 1. The predicted molar refractivity (Wildman–Crippen MR) is 119 cm³/mol. The number of ether oxygens (including phenoxy) is 1. The number of esters is 1. The molecule has 7 nitrogen and oxygen atoms in total. The molecule has 0 spiro atoms. The molecule has 1 fully saturated rings. The molecule has 0 saturated carbocycles. The fourth-order valence-corrected chi connectivity index (χ4v) is 4.15. The van der Waals surface area contributed by atoms with Crippen LogP contribution < -0.4 is 10.1 Å². The Bertz CT molecular complexity index is 820. The largest absolute Gasteiger partial charge is 0.480 e. The van der Waals surface area contributed by atoms with Gasteiger partial charge in [-0.1, -0.05) is 39.3 Å². The van der Waals surface area contributed by atoms with E-state index in [-0.39, 0.29) is 11.3 Å². The molecule has 0 aliphatic carbocycles. The molecule has 2 N–H and O–H groups in total. The maximum absolute atomic E-state index is 12.2. The van der Waals surface area contributed by atoms with Crippen LogP contribution in [0, 0.1) is 5.92 Å². The van der Waals surface area contributed by atoms with Gasteiger partial charge in [0, 0.05) is 24.1 Å². The maximum atomic E-state index is 12.2. The first-order valence-corrected chi connectivity index (χ1v) is 10.9. The normalized spacial score (nSPS) is 20.9. The first kappa shape index (κ1) is 24.6. The van der Waals surface area contributed by atoms with Crippen LogP contribution in [0.25, 0.3) is 0 Å². The number of hydrogen-bond acceptors (Lipinski definition) is 5. The molecule has 2 atom stereocenters. The first-order valence-electron chi connectivity index (χ1n) is 10.9. The number of carbonyl (C=O) groups excluding carboxylic acids is 2. The van der Waals surface area contributed by atoms with E-state index in [1.54, 1.807) is 19.9 Å². The van der Waals surface area contributed by atoms with Crippen molar-refractivity contribution in [3.05, 3.63) is 42.0 Å². The maximum Gasteiger partial charge on any atom is 0.336 e. The van der Waals surface area contributed by atoms with Crippen LogP contribution in [0.5, 0.6) is 5.75 Å². The van der Waals surface area contributed by atoms with Gasteiger partial charge in [0.05, 0.1) is 0 Å². The highest BCUT2D eigenvalue weighted by molar-refractivity contribution is 5.96. The number of rotatable bonds is 8. The summed E-state index contributed by atoms with van der Waals surface area (Å²) >= 11 is 0. The quantitative estimate of drug-likeness (QED) is 0.374. The summed E-state index contributed by atoms with van der Waals surface area (Å²) in [7, 11) is 2.14. The number of nitrogens with one attached hydrogen (secondary N) is 1. The Morgan fingerprint density at radius 1 is 1.26 bits per heavy atom. The van der Waals surface area contributed by atoms with Crippen LogP contribution in [-0.4, -0.2) is 54.0 Å². The van der Waals surface area contributed by atoms with Crippen molar-refractivity contribution in [3.63, 3.8) is 0 Å². The lowest BCUT2D eigenvalue weighted by Crippen LogP contribution is -2.43. The smallest absolute Gasteiger partial charge is 0.336 e. The second kappa shape index (κ2) is 11.1. The predicted octanol–water partition coefficient (Wildman–Crippen LogP) is 3.14. The Morgan fingerprint density at radius 3 is 2.65 bits per heavy atom. The number of carboxylic acids is 1. The molecule has 2 rings (SSSR count). The summed E-state index contributed by atoms with van der Waals surface area (Å²) in [5, 5.41) is 11.5. The van der Waals surface area contributed by atoms with Crippen LogP contribution in [0.15, 0.2) is 36.4 Å². The number of carbonyl (C=O) groups is 3. The van der Waals surface area contributed by atoms with Gasteiger partial charge in [-0.25, -0.2) is 9.59 Å². The summed E-state index contributed by atoms with van der Waals surface area (Å²) in [4.78, 5) is 37.7. The first-order chi connectivity index (χ1) is 14.7. The van der Waals surface area contributed by atoms with E-state index in [2.05, 4.69) is 30.3 Å². The zero-order valence-corrected chi connectivity index (χ0v) is 18.9. The van der Waals surface area contributed by atoms with Gasteiger partial charge in [-0.05, 0) is 56.5 Å². The lowest BCUT2D eigenvalue weighted by Gasteiger charge is -2.35. The Labute approximate surface area is 184 Å².